The van der Waals surface area contributed by atoms with Gasteiger partial charge in [-0.1, -0.05) is 36.4 Å². The van der Waals surface area contributed by atoms with Crippen LogP contribution in [0.5, 0.6) is 0 Å². The fourth-order valence-electron chi connectivity index (χ4n) is 2.89. The van der Waals surface area contributed by atoms with E-state index >= 15 is 0 Å². The van der Waals surface area contributed by atoms with Gasteiger partial charge in [-0.3, -0.25) is 9.59 Å². The number of rotatable bonds is 6. The highest BCUT2D eigenvalue weighted by atomic mass is 16.5. The Morgan fingerprint density at radius 1 is 1.11 bits per heavy atom. The van der Waals surface area contributed by atoms with Crippen LogP contribution in [0.25, 0.3) is 10.8 Å². The summed E-state index contributed by atoms with van der Waals surface area (Å²) in [5.41, 5.74) is 1.58. The standard InChI is InChI=1S/C21H23N3O3/c1-4-27-13-15-9-5-8-12-18(15)22-20(25)19-16-10-6-7-11-17(16)21(26)24(23-19)14(2)3/h5-12,14H,4,13H2,1-3H3,(H,22,25). The Morgan fingerprint density at radius 3 is 2.48 bits per heavy atom. The first-order chi connectivity index (χ1) is 13.0. The Morgan fingerprint density at radius 2 is 1.78 bits per heavy atom. The van der Waals surface area contributed by atoms with Crippen molar-refractivity contribution < 1.29 is 9.53 Å². The van der Waals surface area contributed by atoms with Crippen molar-refractivity contribution in [2.24, 2.45) is 0 Å². The molecule has 1 aromatic heterocycles. The van der Waals surface area contributed by atoms with Gasteiger partial charge in [0.25, 0.3) is 11.5 Å². The van der Waals surface area contributed by atoms with E-state index < -0.39 is 0 Å². The smallest absolute Gasteiger partial charge is 0.276 e. The van der Waals surface area contributed by atoms with Crippen molar-refractivity contribution in [2.45, 2.75) is 33.4 Å². The molecule has 0 fully saturated rings. The molecule has 0 unspecified atom stereocenters. The number of nitrogens with zero attached hydrogens (tertiary/aromatic N) is 2. The Balaban J connectivity index is 2.04. The molecule has 1 N–H and O–H groups in total. The van der Waals surface area contributed by atoms with Gasteiger partial charge in [0, 0.05) is 23.2 Å². The Bertz CT molecular complexity index is 1020. The van der Waals surface area contributed by atoms with E-state index in [-0.39, 0.29) is 23.2 Å². The molecule has 0 radical (unpaired) electrons. The van der Waals surface area contributed by atoms with Gasteiger partial charge >= 0.3 is 0 Å². The molecule has 1 heterocycles. The van der Waals surface area contributed by atoms with Crippen LogP contribution < -0.4 is 10.9 Å². The third-order valence-corrected chi connectivity index (χ3v) is 4.26. The number of anilines is 1. The second-order valence-electron chi connectivity index (χ2n) is 6.49. The molecule has 2 aromatic carbocycles. The van der Waals surface area contributed by atoms with Gasteiger partial charge in [0.1, 0.15) is 0 Å². The molecule has 3 aromatic rings. The Labute approximate surface area is 157 Å². The van der Waals surface area contributed by atoms with Gasteiger partial charge in [0.15, 0.2) is 5.69 Å². The lowest BCUT2D eigenvalue weighted by Crippen LogP contribution is -2.29. The second kappa shape index (κ2) is 8.14. The third-order valence-electron chi connectivity index (χ3n) is 4.26. The summed E-state index contributed by atoms with van der Waals surface area (Å²) in [6.07, 6.45) is 0. The minimum absolute atomic E-state index is 0.154. The lowest BCUT2D eigenvalue weighted by Gasteiger charge is -2.15. The first-order valence-electron chi connectivity index (χ1n) is 9.01. The first-order valence-corrected chi connectivity index (χ1v) is 9.01. The van der Waals surface area contributed by atoms with Gasteiger partial charge in [-0.2, -0.15) is 5.10 Å². The fourth-order valence-corrected chi connectivity index (χ4v) is 2.89. The summed E-state index contributed by atoms with van der Waals surface area (Å²) >= 11 is 0. The molecule has 0 saturated carbocycles. The number of hydrogen-bond donors (Lipinski definition) is 1. The molecular formula is C21H23N3O3. The molecule has 140 valence electrons. The maximum absolute atomic E-state index is 13.0. The molecule has 0 atom stereocenters. The molecular weight excluding hydrogens is 342 g/mol. The summed E-state index contributed by atoms with van der Waals surface area (Å²) in [6, 6.07) is 14.4. The highest BCUT2D eigenvalue weighted by molar-refractivity contribution is 6.11. The van der Waals surface area contributed by atoms with Gasteiger partial charge in [0.2, 0.25) is 0 Å². The quantitative estimate of drug-likeness (QED) is 0.722. The normalized spacial score (nSPS) is 11.1. The van der Waals surface area contributed by atoms with Crippen LogP contribution in [0.3, 0.4) is 0 Å². The number of benzene rings is 2. The summed E-state index contributed by atoms with van der Waals surface area (Å²) in [6.45, 7) is 6.65. The predicted molar refractivity (Wildman–Crippen MR) is 106 cm³/mol. The highest BCUT2D eigenvalue weighted by Crippen LogP contribution is 2.20. The van der Waals surface area contributed by atoms with Crippen LogP contribution in [0.2, 0.25) is 0 Å². The van der Waals surface area contributed by atoms with Crippen LogP contribution in [-0.2, 0) is 11.3 Å². The van der Waals surface area contributed by atoms with Crippen molar-refractivity contribution in [1.82, 2.24) is 9.78 Å². The number of hydrogen-bond acceptors (Lipinski definition) is 4. The van der Waals surface area contributed by atoms with Gasteiger partial charge < -0.3 is 10.1 Å². The molecule has 0 spiro atoms. The Kier molecular flexibility index (Phi) is 5.66. The minimum atomic E-state index is -0.357. The molecule has 3 rings (SSSR count). The van der Waals surface area contributed by atoms with Crippen LogP contribution in [-0.4, -0.2) is 22.3 Å². The van der Waals surface area contributed by atoms with Crippen LogP contribution in [0.15, 0.2) is 53.3 Å². The summed E-state index contributed by atoms with van der Waals surface area (Å²) < 4.78 is 6.82. The highest BCUT2D eigenvalue weighted by Gasteiger charge is 2.18. The lowest BCUT2D eigenvalue weighted by atomic mass is 10.1. The molecule has 27 heavy (non-hydrogen) atoms. The third kappa shape index (κ3) is 3.90. The number of ether oxygens (including phenoxy) is 1. The van der Waals surface area contributed by atoms with Gasteiger partial charge in [-0.15, -0.1) is 0 Å². The van der Waals surface area contributed by atoms with E-state index in [0.29, 0.717) is 29.7 Å². The van der Waals surface area contributed by atoms with E-state index in [4.69, 9.17) is 4.74 Å². The van der Waals surface area contributed by atoms with Crippen LogP contribution in [0.1, 0.15) is 42.9 Å². The predicted octanol–water partition coefficient (Wildman–Crippen LogP) is 3.77. The van der Waals surface area contributed by atoms with Crippen molar-refractivity contribution in [3.05, 3.63) is 70.1 Å². The minimum Gasteiger partial charge on any atom is -0.377 e. The number of aromatic nitrogens is 2. The SMILES string of the molecule is CCOCc1ccccc1NC(=O)c1nn(C(C)C)c(=O)c2ccccc12. The fraction of sp³-hybridized carbons (Fsp3) is 0.286. The molecule has 0 aliphatic rings. The zero-order chi connectivity index (χ0) is 19.4. The second-order valence-corrected chi connectivity index (χ2v) is 6.49. The zero-order valence-corrected chi connectivity index (χ0v) is 15.7. The molecule has 0 saturated heterocycles. The zero-order valence-electron chi connectivity index (χ0n) is 15.7. The van der Waals surface area contributed by atoms with Crippen molar-refractivity contribution in [3.8, 4) is 0 Å². The van der Waals surface area contributed by atoms with Crippen molar-refractivity contribution in [1.29, 1.82) is 0 Å². The molecule has 0 aliphatic carbocycles. The van der Waals surface area contributed by atoms with Crippen LogP contribution in [0, 0.1) is 0 Å². The van der Waals surface area contributed by atoms with Gasteiger partial charge in [-0.05, 0) is 32.9 Å². The van der Waals surface area contributed by atoms with Crippen LogP contribution >= 0.6 is 0 Å². The molecule has 1 amide bonds. The summed E-state index contributed by atoms with van der Waals surface area (Å²) in [5.74, 6) is -0.357. The molecule has 0 bridgehead atoms. The van der Waals surface area contributed by atoms with Gasteiger partial charge in [0.05, 0.1) is 18.0 Å². The largest absolute Gasteiger partial charge is 0.377 e. The van der Waals surface area contributed by atoms with Crippen LogP contribution in [0.4, 0.5) is 5.69 Å². The number of carbonyl (C=O) groups is 1. The van der Waals surface area contributed by atoms with E-state index in [0.717, 1.165) is 5.56 Å². The van der Waals surface area contributed by atoms with E-state index in [1.807, 2.05) is 45.0 Å². The van der Waals surface area contributed by atoms with E-state index in [2.05, 4.69) is 10.4 Å². The van der Waals surface area contributed by atoms with Crippen molar-refractivity contribution in [3.63, 3.8) is 0 Å². The summed E-state index contributed by atoms with van der Waals surface area (Å²) in [7, 11) is 0. The van der Waals surface area contributed by atoms with Crippen molar-refractivity contribution >= 4 is 22.4 Å². The average Bonchev–Trinajstić information content (AvgIpc) is 2.67. The topological polar surface area (TPSA) is 73.2 Å². The summed E-state index contributed by atoms with van der Waals surface area (Å²) in [4.78, 5) is 25.6. The first kappa shape index (κ1) is 18.8. The van der Waals surface area contributed by atoms with Crippen molar-refractivity contribution in [2.75, 3.05) is 11.9 Å². The monoisotopic (exact) mass is 365 g/mol. The Hall–Kier alpha value is -2.99. The summed E-state index contributed by atoms with van der Waals surface area (Å²) in [5, 5.41) is 8.29. The lowest BCUT2D eigenvalue weighted by molar-refractivity contribution is 0.102. The maximum atomic E-state index is 13.0. The number of fused-ring (bicyclic) bond motifs is 1. The average molecular weight is 365 g/mol. The number of para-hydroxylation sites is 1. The van der Waals surface area contributed by atoms with E-state index in [1.165, 1.54) is 4.68 Å². The number of carbonyl (C=O) groups excluding carboxylic acids is 1. The number of amides is 1. The van der Waals surface area contributed by atoms with Gasteiger partial charge in [-0.25, -0.2) is 4.68 Å². The van der Waals surface area contributed by atoms with E-state index in [9.17, 15) is 9.59 Å². The maximum Gasteiger partial charge on any atom is 0.276 e. The molecule has 0 aliphatic heterocycles. The van der Waals surface area contributed by atoms with E-state index in [1.54, 1.807) is 24.3 Å². The number of nitrogens with one attached hydrogen (secondary N) is 1. The molecule has 6 nitrogen and oxygen atoms in total. The molecule has 6 heteroatoms.